The molecule has 0 spiro atoms. The van der Waals surface area contributed by atoms with Crippen LogP contribution in [-0.4, -0.2) is 27.2 Å². The molecule has 140 valence electrons. The van der Waals surface area contributed by atoms with E-state index in [2.05, 4.69) is 21.5 Å². The quantitative estimate of drug-likeness (QED) is 0.522. The fraction of sp³-hybridized carbons (Fsp3) is 0.136. The lowest BCUT2D eigenvalue weighted by Gasteiger charge is -2.05. The van der Waals surface area contributed by atoms with E-state index >= 15 is 0 Å². The molecular weight excluding hydrogens is 368 g/mol. The first kappa shape index (κ1) is 18.1. The van der Waals surface area contributed by atoms with Crippen LogP contribution in [0, 0.1) is 0 Å². The minimum absolute atomic E-state index is 0.195. The normalized spacial score (nSPS) is 10.7. The van der Waals surface area contributed by atoms with Gasteiger partial charge in [-0.05, 0) is 35.6 Å². The van der Waals surface area contributed by atoms with Gasteiger partial charge in [-0.2, -0.15) is 0 Å². The molecule has 0 saturated carbocycles. The van der Waals surface area contributed by atoms with Crippen LogP contribution in [0.5, 0.6) is 0 Å². The van der Waals surface area contributed by atoms with E-state index in [0.29, 0.717) is 13.0 Å². The van der Waals surface area contributed by atoms with Gasteiger partial charge in [0.25, 0.3) is 5.91 Å². The number of nitrogens with zero attached hydrogens (tertiary/aromatic N) is 3. The lowest BCUT2D eigenvalue weighted by atomic mass is 10.1. The number of rotatable bonds is 7. The minimum atomic E-state index is -0.249. The molecule has 5 nitrogen and oxygen atoms in total. The van der Waals surface area contributed by atoms with E-state index in [1.807, 2.05) is 72.1 Å². The van der Waals surface area contributed by atoms with Gasteiger partial charge in [-0.15, -0.1) is 16.4 Å². The molecule has 0 atom stereocenters. The Morgan fingerprint density at radius 3 is 2.43 bits per heavy atom. The average Bonchev–Trinajstić information content (AvgIpc) is 3.40. The van der Waals surface area contributed by atoms with Crippen LogP contribution < -0.4 is 5.32 Å². The maximum atomic E-state index is 12.6. The van der Waals surface area contributed by atoms with Crippen molar-refractivity contribution in [3.8, 4) is 5.69 Å². The van der Waals surface area contributed by atoms with Gasteiger partial charge in [-0.25, -0.2) is 9.67 Å². The molecule has 0 aliphatic carbocycles. The summed E-state index contributed by atoms with van der Waals surface area (Å²) in [7, 11) is 0. The molecule has 0 aliphatic rings. The second kappa shape index (κ2) is 8.63. The van der Waals surface area contributed by atoms with Crippen LogP contribution in [0.3, 0.4) is 0 Å². The number of carbonyl (C=O) groups is 1. The molecule has 2 aromatic heterocycles. The Kier molecular flexibility index (Phi) is 5.58. The lowest BCUT2D eigenvalue weighted by Crippen LogP contribution is -2.26. The minimum Gasteiger partial charge on any atom is -0.349 e. The van der Waals surface area contributed by atoms with E-state index in [0.717, 1.165) is 23.5 Å². The largest absolute Gasteiger partial charge is 0.349 e. The summed E-state index contributed by atoms with van der Waals surface area (Å²) in [5, 5.41) is 9.45. The standard InChI is InChI=1S/C22H20N4OS/c27-22(23-14-13-19-12-7-15-28-19)21-24-20(16-17-8-3-1-4-9-17)26(25-21)18-10-5-2-6-11-18/h1-12,15H,13-14,16H2,(H,23,27). The summed E-state index contributed by atoms with van der Waals surface area (Å²) >= 11 is 1.69. The van der Waals surface area contributed by atoms with Crippen molar-refractivity contribution in [2.24, 2.45) is 0 Å². The molecule has 0 radical (unpaired) electrons. The summed E-state index contributed by atoms with van der Waals surface area (Å²) < 4.78 is 1.75. The maximum Gasteiger partial charge on any atom is 0.290 e. The summed E-state index contributed by atoms with van der Waals surface area (Å²) in [5.41, 5.74) is 2.01. The van der Waals surface area contributed by atoms with Crippen molar-refractivity contribution in [3.63, 3.8) is 0 Å². The molecule has 0 unspecified atom stereocenters. The first-order valence-corrected chi connectivity index (χ1v) is 10.0. The highest BCUT2D eigenvalue weighted by molar-refractivity contribution is 7.09. The number of carbonyl (C=O) groups excluding carboxylic acids is 1. The van der Waals surface area contributed by atoms with Crippen molar-refractivity contribution >= 4 is 17.2 Å². The summed E-state index contributed by atoms with van der Waals surface area (Å²) in [4.78, 5) is 18.4. The number of thiophene rings is 1. The molecule has 0 bridgehead atoms. The van der Waals surface area contributed by atoms with Gasteiger partial charge in [0.15, 0.2) is 0 Å². The molecule has 0 aliphatic heterocycles. The topological polar surface area (TPSA) is 59.8 Å². The molecule has 2 aromatic carbocycles. The van der Waals surface area contributed by atoms with Gasteiger partial charge in [0.2, 0.25) is 5.82 Å². The second-order valence-electron chi connectivity index (χ2n) is 6.35. The monoisotopic (exact) mass is 388 g/mol. The smallest absolute Gasteiger partial charge is 0.290 e. The number of hydrogen-bond donors (Lipinski definition) is 1. The van der Waals surface area contributed by atoms with E-state index < -0.39 is 0 Å². The molecule has 1 amide bonds. The third-order valence-corrected chi connectivity index (χ3v) is 5.26. The Morgan fingerprint density at radius 1 is 0.964 bits per heavy atom. The average molecular weight is 388 g/mol. The van der Waals surface area contributed by atoms with E-state index in [4.69, 9.17) is 0 Å². The van der Waals surface area contributed by atoms with Gasteiger partial charge in [0, 0.05) is 17.8 Å². The van der Waals surface area contributed by atoms with Gasteiger partial charge in [-0.1, -0.05) is 54.6 Å². The maximum absolute atomic E-state index is 12.6. The number of hydrogen-bond acceptors (Lipinski definition) is 4. The Labute approximate surface area is 167 Å². The lowest BCUT2D eigenvalue weighted by molar-refractivity contribution is 0.0944. The summed E-state index contributed by atoms with van der Waals surface area (Å²) in [6.07, 6.45) is 1.41. The zero-order valence-corrected chi connectivity index (χ0v) is 16.1. The van der Waals surface area contributed by atoms with Gasteiger partial charge >= 0.3 is 0 Å². The van der Waals surface area contributed by atoms with Gasteiger partial charge < -0.3 is 5.32 Å². The number of para-hydroxylation sites is 1. The van der Waals surface area contributed by atoms with Crippen molar-refractivity contribution in [2.45, 2.75) is 12.8 Å². The van der Waals surface area contributed by atoms with Crippen LogP contribution in [-0.2, 0) is 12.8 Å². The third-order valence-electron chi connectivity index (χ3n) is 4.32. The van der Waals surface area contributed by atoms with Crippen LogP contribution in [0.25, 0.3) is 5.69 Å². The van der Waals surface area contributed by atoms with Gasteiger partial charge in [0.1, 0.15) is 5.82 Å². The number of amides is 1. The van der Waals surface area contributed by atoms with Crippen LogP contribution in [0.15, 0.2) is 78.2 Å². The van der Waals surface area contributed by atoms with E-state index in [9.17, 15) is 4.79 Å². The van der Waals surface area contributed by atoms with Crippen LogP contribution in [0.4, 0.5) is 0 Å². The zero-order chi connectivity index (χ0) is 19.2. The van der Waals surface area contributed by atoms with Crippen molar-refractivity contribution in [1.82, 2.24) is 20.1 Å². The SMILES string of the molecule is O=C(NCCc1cccs1)c1nc(Cc2ccccc2)n(-c2ccccc2)n1. The Hall–Kier alpha value is -3.25. The molecule has 28 heavy (non-hydrogen) atoms. The molecule has 1 N–H and O–H groups in total. The van der Waals surface area contributed by atoms with Crippen LogP contribution >= 0.6 is 11.3 Å². The second-order valence-corrected chi connectivity index (χ2v) is 7.38. The van der Waals surface area contributed by atoms with E-state index in [-0.39, 0.29) is 11.7 Å². The Morgan fingerprint density at radius 2 is 1.71 bits per heavy atom. The van der Waals surface area contributed by atoms with E-state index in [1.54, 1.807) is 16.0 Å². The van der Waals surface area contributed by atoms with Crippen LogP contribution in [0.2, 0.25) is 0 Å². The molecule has 4 rings (SSSR count). The fourth-order valence-electron chi connectivity index (χ4n) is 2.94. The molecule has 2 heterocycles. The Bertz CT molecular complexity index is 1030. The van der Waals surface area contributed by atoms with Crippen molar-refractivity contribution < 1.29 is 4.79 Å². The highest BCUT2D eigenvalue weighted by Crippen LogP contribution is 2.14. The van der Waals surface area contributed by atoms with Crippen LogP contribution in [0.1, 0.15) is 26.9 Å². The third kappa shape index (κ3) is 4.35. The fourth-order valence-corrected chi connectivity index (χ4v) is 3.65. The number of aromatic nitrogens is 3. The van der Waals surface area contributed by atoms with Crippen molar-refractivity contribution in [3.05, 3.63) is 100 Å². The summed E-state index contributed by atoms with van der Waals surface area (Å²) in [5.74, 6) is 0.683. The van der Waals surface area contributed by atoms with Crippen molar-refractivity contribution in [2.75, 3.05) is 6.54 Å². The predicted molar refractivity (Wildman–Crippen MR) is 111 cm³/mol. The summed E-state index contributed by atoms with van der Waals surface area (Å²) in [6, 6.07) is 23.9. The Balaban J connectivity index is 1.54. The molecular formula is C22H20N4OS. The van der Waals surface area contributed by atoms with Crippen molar-refractivity contribution in [1.29, 1.82) is 0 Å². The molecule has 0 fully saturated rings. The van der Waals surface area contributed by atoms with Gasteiger partial charge in [0.05, 0.1) is 5.69 Å². The highest BCUT2D eigenvalue weighted by Gasteiger charge is 2.17. The molecule has 4 aromatic rings. The first-order chi connectivity index (χ1) is 13.8. The van der Waals surface area contributed by atoms with E-state index in [1.165, 1.54) is 4.88 Å². The first-order valence-electron chi connectivity index (χ1n) is 9.15. The molecule has 0 saturated heterocycles. The molecule has 6 heteroatoms. The summed E-state index contributed by atoms with van der Waals surface area (Å²) in [6.45, 7) is 0.563. The zero-order valence-electron chi connectivity index (χ0n) is 15.3. The van der Waals surface area contributed by atoms with Gasteiger partial charge in [-0.3, -0.25) is 4.79 Å². The predicted octanol–water partition coefficient (Wildman–Crippen LogP) is 3.89. The number of nitrogens with one attached hydrogen (secondary N) is 1. The number of benzene rings is 2. The highest BCUT2D eigenvalue weighted by atomic mass is 32.1.